The average Bonchev–Trinajstić information content (AvgIpc) is 2.16. The van der Waals surface area contributed by atoms with Crippen LogP contribution in [0.25, 0.3) is 0 Å². The van der Waals surface area contributed by atoms with Crippen LogP contribution in [0.4, 0.5) is 0 Å². The van der Waals surface area contributed by atoms with Crippen LogP contribution >= 0.6 is 0 Å². The maximum absolute atomic E-state index is 4.50. The van der Waals surface area contributed by atoms with Crippen LogP contribution in [0.5, 0.6) is 0 Å². The zero-order valence-corrected chi connectivity index (χ0v) is 8.43. The summed E-state index contributed by atoms with van der Waals surface area (Å²) in [6.45, 7) is 5.69. The van der Waals surface area contributed by atoms with Crippen molar-refractivity contribution >= 4 is 0 Å². The zero-order chi connectivity index (χ0) is 10.1. The SMILES string of the molecule is C=CCCC.CN.CN.CN. The molecule has 3 heteroatoms. The summed E-state index contributed by atoms with van der Waals surface area (Å²) in [7, 11) is 4.50. The Morgan fingerprint density at radius 1 is 1.00 bits per heavy atom. The first kappa shape index (κ1) is 22.4. The van der Waals surface area contributed by atoms with Gasteiger partial charge in [0.15, 0.2) is 0 Å². The first-order chi connectivity index (χ1) is 5.41. The van der Waals surface area contributed by atoms with Crippen molar-refractivity contribution in [2.24, 2.45) is 17.2 Å². The third-order valence-electron chi connectivity index (χ3n) is 0.493. The molecule has 3 nitrogen and oxygen atoms in total. The highest BCUT2D eigenvalue weighted by atomic mass is 14.4. The zero-order valence-electron chi connectivity index (χ0n) is 8.43. The van der Waals surface area contributed by atoms with Gasteiger partial charge in [0.05, 0.1) is 0 Å². The number of unbranched alkanes of at least 4 members (excludes halogenated alkanes) is 1. The third-order valence-corrected chi connectivity index (χ3v) is 0.493. The van der Waals surface area contributed by atoms with Gasteiger partial charge >= 0.3 is 0 Å². The number of hydrogen-bond donors (Lipinski definition) is 3. The minimum atomic E-state index is 1.15. The fourth-order valence-corrected chi connectivity index (χ4v) is 0.204. The Kier molecular flexibility index (Phi) is 212. The van der Waals surface area contributed by atoms with Crippen LogP contribution < -0.4 is 17.2 Å². The second-order valence-electron chi connectivity index (χ2n) is 1.08. The molecule has 0 saturated carbocycles. The van der Waals surface area contributed by atoms with Crippen LogP contribution in [0.1, 0.15) is 19.8 Å². The van der Waals surface area contributed by atoms with E-state index in [-0.39, 0.29) is 0 Å². The molecule has 0 amide bonds. The molecule has 0 bridgehead atoms. The quantitative estimate of drug-likeness (QED) is 0.524. The fraction of sp³-hybridized carbons (Fsp3) is 0.750. The molecule has 0 aromatic heterocycles. The molecule has 0 aromatic carbocycles. The molecule has 0 rings (SSSR count). The van der Waals surface area contributed by atoms with Gasteiger partial charge in [0.2, 0.25) is 0 Å². The van der Waals surface area contributed by atoms with Gasteiger partial charge in [0.1, 0.15) is 0 Å². The van der Waals surface area contributed by atoms with Gasteiger partial charge in [-0.05, 0) is 27.6 Å². The highest BCUT2D eigenvalue weighted by molar-refractivity contribution is 4.63. The van der Waals surface area contributed by atoms with Gasteiger partial charge in [-0.3, -0.25) is 0 Å². The van der Waals surface area contributed by atoms with E-state index in [1.54, 1.807) is 0 Å². The lowest BCUT2D eigenvalue weighted by Crippen LogP contribution is -1.69. The molecule has 0 aliphatic heterocycles. The molecule has 0 aliphatic rings. The van der Waals surface area contributed by atoms with Crippen molar-refractivity contribution in [3.05, 3.63) is 12.7 Å². The van der Waals surface area contributed by atoms with Crippen molar-refractivity contribution in [3.63, 3.8) is 0 Å². The van der Waals surface area contributed by atoms with E-state index in [9.17, 15) is 0 Å². The molecule has 72 valence electrons. The van der Waals surface area contributed by atoms with Gasteiger partial charge in [-0.15, -0.1) is 6.58 Å². The van der Waals surface area contributed by atoms with Crippen molar-refractivity contribution in [3.8, 4) is 0 Å². The number of nitrogens with two attached hydrogens (primary N) is 3. The van der Waals surface area contributed by atoms with Crippen molar-refractivity contribution in [1.82, 2.24) is 0 Å². The Morgan fingerprint density at radius 3 is 1.27 bits per heavy atom. The van der Waals surface area contributed by atoms with Gasteiger partial charge in [-0.25, -0.2) is 0 Å². The van der Waals surface area contributed by atoms with E-state index in [4.69, 9.17) is 0 Å². The maximum Gasteiger partial charge on any atom is -0.0195 e. The molecule has 0 radical (unpaired) electrons. The van der Waals surface area contributed by atoms with Crippen molar-refractivity contribution in [2.75, 3.05) is 21.1 Å². The van der Waals surface area contributed by atoms with Crippen LogP contribution in [-0.2, 0) is 0 Å². The summed E-state index contributed by atoms with van der Waals surface area (Å²) < 4.78 is 0. The first-order valence-electron chi connectivity index (χ1n) is 3.76. The molecular formula is C8H25N3. The molecule has 0 unspecified atom stereocenters. The summed E-state index contributed by atoms with van der Waals surface area (Å²) in [5, 5.41) is 0. The standard InChI is InChI=1S/C5H10.3CH5N/c1-3-5-4-2;3*1-2/h3H,1,4-5H2,2H3;3*2H2,1H3. The van der Waals surface area contributed by atoms with Gasteiger partial charge < -0.3 is 17.2 Å². The van der Waals surface area contributed by atoms with Crippen LogP contribution in [0.3, 0.4) is 0 Å². The normalized spacial score (nSPS) is 5.00. The van der Waals surface area contributed by atoms with E-state index in [1.807, 2.05) is 6.08 Å². The van der Waals surface area contributed by atoms with Crippen molar-refractivity contribution in [1.29, 1.82) is 0 Å². The van der Waals surface area contributed by atoms with Crippen LogP contribution in [0.15, 0.2) is 12.7 Å². The summed E-state index contributed by atoms with van der Waals surface area (Å²) in [4.78, 5) is 0. The van der Waals surface area contributed by atoms with Gasteiger partial charge in [-0.1, -0.05) is 19.4 Å². The summed E-state index contributed by atoms with van der Waals surface area (Å²) >= 11 is 0. The van der Waals surface area contributed by atoms with Crippen LogP contribution in [0, 0.1) is 0 Å². The smallest absolute Gasteiger partial charge is 0.0195 e. The maximum atomic E-state index is 4.50. The molecular weight excluding hydrogens is 138 g/mol. The number of hydrogen-bond acceptors (Lipinski definition) is 3. The Hall–Kier alpha value is -0.380. The third kappa shape index (κ3) is 213. The summed E-state index contributed by atoms with van der Waals surface area (Å²) in [6.07, 6.45) is 4.31. The van der Waals surface area contributed by atoms with E-state index in [1.165, 1.54) is 27.6 Å². The lowest BCUT2D eigenvalue weighted by atomic mass is 10.3. The minimum absolute atomic E-state index is 1.15. The van der Waals surface area contributed by atoms with Crippen LogP contribution in [-0.4, -0.2) is 21.1 Å². The molecule has 11 heavy (non-hydrogen) atoms. The molecule has 0 atom stereocenters. The summed E-state index contributed by atoms with van der Waals surface area (Å²) in [5.41, 5.74) is 13.5. The van der Waals surface area contributed by atoms with Crippen LogP contribution in [0.2, 0.25) is 0 Å². The largest absolute Gasteiger partial charge is 0.333 e. The van der Waals surface area contributed by atoms with E-state index < -0.39 is 0 Å². The van der Waals surface area contributed by atoms with E-state index in [0.717, 1.165) is 6.42 Å². The Bertz CT molecular complexity index is 30.5. The molecule has 6 N–H and O–H groups in total. The monoisotopic (exact) mass is 163 g/mol. The molecule has 0 spiro atoms. The highest BCUT2D eigenvalue weighted by Gasteiger charge is 1.61. The molecule has 0 aliphatic carbocycles. The Labute approximate surface area is 71.6 Å². The van der Waals surface area contributed by atoms with Crippen molar-refractivity contribution < 1.29 is 0 Å². The van der Waals surface area contributed by atoms with Gasteiger partial charge in [0, 0.05) is 0 Å². The average molecular weight is 163 g/mol. The topological polar surface area (TPSA) is 78.1 Å². The number of allylic oxidation sites excluding steroid dienone is 1. The van der Waals surface area contributed by atoms with E-state index in [2.05, 4.69) is 30.7 Å². The first-order valence-corrected chi connectivity index (χ1v) is 3.76. The minimum Gasteiger partial charge on any atom is -0.333 e. The van der Waals surface area contributed by atoms with E-state index >= 15 is 0 Å². The van der Waals surface area contributed by atoms with E-state index in [0.29, 0.717) is 0 Å². The van der Waals surface area contributed by atoms with Gasteiger partial charge in [0.25, 0.3) is 0 Å². The number of rotatable bonds is 2. The fourth-order valence-electron chi connectivity index (χ4n) is 0.204. The Balaban J connectivity index is -0.0000000350. The van der Waals surface area contributed by atoms with Gasteiger partial charge in [-0.2, -0.15) is 0 Å². The lowest BCUT2D eigenvalue weighted by Gasteiger charge is -1.72. The van der Waals surface area contributed by atoms with Crippen molar-refractivity contribution in [2.45, 2.75) is 19.8 Å². The predicted molar refractivity (Wildman–Crippen MR) is 55.4 cm³/mol. The second kappa shape index (κ2) is 104. The molecule has 0 aromatic rings. The molecule has 0 heterocycles. The Morgan fingerprint density at radius 2 is 1.27 bits per heavy atom. The second-order valence-corrected chi connectivity index (χ2v) is 1.08. The highest BCUT2D eigenvalue weighted by Crippen LogP contribution is 1.82. The summed E-state index contributed by atoms with van der Waals surface area (Å²) in [5.74, 6) is 0. The molecule has 0 saturated heterocycles. The lowest BCUT2D eigenvalue weighted by molar-refractivity contribution is 0.961. The predicted octanol–water partition coefficient (Wildman–Crippen LogP) is 0.697. The molecule has 0 fully saturated rings. The summed E-state index contributed by atoms with van der Waals surface area (Å²) in [6, 6.07) is 0.